The van der Waals surface area contributed by atoms with Crippen LogP contribution in [0.3, 0.4) is 0 Å². The van der Waals surface area contributed by atoms with E-state index in [0.29, 0.717) is 5.56 Å². The summed E-state index contributed by atoms with van der Waals surface area (Å²) in [6.07, 6.45) is 1.09. The van der Waals surface area contributed by atoms with Gasteiger partial charge in [-0.15, -0.1) is 0 Å². The van der Waals surface area contributed by atoms with Crippen LogP contribution in [-0.4, -0.2) is 37.6 Å². The standard InChI is InChI=1S/C24H25NO5S/c1-15-6-9-20(12-16(15)2)25-17(3)13-22(18(25)4)23(26)14-30-24(27)19-7-10-21(11-8-19)31(5,28)29/h6-13H,14H2,1-5H3. The summed E-state index contributed by atoms with van der Waals surface area (Å²) in [7, 11) is -3.35. The second-order valence-electron chi connectivity index (χ2n) is 7.68. The Bertz CT molecular complexity index is 1270. The predicted molar refractivity (Wildman–Crippen MR) is 119 cm³/mol. The molecule has 0 N–H and O–H groups in total. The molecule has 1 heterocycles. The summed E-state index contributed by atoms with van der Waals surface area (Å²) < 4.78 is 30.2. The van der Waals surface area contributed by atoms with E-state index < -0.39 is 22.4 Å². The first-order chi connectivity index (χ1) is 14.5. The molecule has 0 spiro atoms. The normalized spacial score (nSPS) is 11.4. The van der Waals surface area contributed by atoms with Crippen molar-refractivity contribution < 1.29 is 22.7 Å². The number of benzene rings is 2. The van der Waals surface area contributed by atoms with Crippen LogP contribution in [0.1, 0.15) is 43.2 Å². The number of hydrogen-bond acceptors (Lipinski definition) is 5. The largest absolute Gasteiger partial charge is 0.454 e. The molecule has 1 aromatic heterocycles. The quantitative estimate of drug-likeness (QED) is 0.426. The summed E-state index contributed by atoms with van der Waals surface area (Å²) in [5, 5.41) is 0. The van der Waals surface area contributed by atoms with Gasteiger partial charge in [-0.05, 0) is 81.3 Å². The zero-order valence-corrected chi connectivity index (χ0v) is 19.0. The molecule has 7 heteroatoms. The number of hydrogen-bond donors (Lipinski definition) is 0. The minimum Gasteiger partial charge on any atom is -0.454 e. The number of nitrogens with zero attached hydrogens (tertiary/aromatic N) is 1. The predicted octanol–water partition coefficient (Wildman–Crippen LogP) is 4.15. The highest BCUT2D eigenvalue weighted by Gasteiger charge is 2.19. The summed E-state index contributed by atoms with van der Waals surface area (Å²) >= 11 is 0. The van der Waals surface area contributed by atoms with E-state index in [1.807, 2.05) is 44.4 Å². The second-order valence-corrected chi connectivity index (χ2v) is 9.70. The number of aromatic nitrogens is 1. The third-order valence-electron chi connectivity index (χ3n) is 5.33. The number of carbonyl (C=O) groups is 2. The molecular weight excluding hydrogens is 414 g/mol. The number of rotatable bonds is 6. The summed E-state index contributed by atoms with van der Waals surface area (Å²) in [5.74, 6) is -0.986. The van der Waals surface area contributed by atoms with E-state index in [4.69, 9.17) is 4.74 Å². The molecule has 0 radical (unpaired) electrons. The first kappa shape index (κ1) is 22.5. The van der Waals surface area contributed by atoms with Gasteiger partial charge < -0.3 is 9.30 Å². The van der Waals surface area contributed by atoms with Crippen molar-refractivity contribution in [3.05, 3.63) is 82.2 Å². The first-order valence-corrected chi connectivity index (χ1v) is 11.6. The van der Waals surface area contributed by atoms with E-state index in [0.717, 1.165) is 28.9 Å². The molecule has 0 fully saturated rings. The second kappa shape index (κ2) is 8.51. The molecule has 6 nitrogen and oxygen atoms in total. The third-order valence-corrected chi connectivity index (χ3v) is 6.46. The average Bonchev–Trinajstić information content (AvgIpc) is 3.01. The molecule has 0 saturated carbocycles. The van der Waals surface area contributed by atoms with Crippen molar-refractivity contribution in [3.8, 4) is 5.69 Å². The van der Waals surface area contributed by atoms with Gasteiger partial charge in [0.25, 0.3) is 0 Å². The van der Waals surface area contributed by atoms with Crippen molar-refractivity contribution in [3.63, 3.8) is 0 Å². The van der Waals surface area contributed by atoms with Crippen molar-refractivity contribution >= 4 is 21.6 Å². The average molecular weight is 440 g/mol. The van der Waals surface area contributed by atoms with Crippen molar-refractivity contribution in [1.29, 1.82) is 0 Å². The first-order valence-electron chi connectivity index (χ1n) is 9.76. The van der Waals surface area contributed by atoms with E-state index >= 15 is 0 Å². The zero-order chi connectivity index (χ0) is 22.9. The fourth-order valence-corrected chi connectivity index (χ4v) is 4.07. The Hall–Kier alpha value is -3.19. The summed E-state index contributed by atoms with van der Waals surface area (Å²) in [4.78, 5) is 25.1. The van der Waals surface area contributed by atoms with Crippen LogP contribution in [0, 0.1) is 27.7 Å². The van der Waals surface area contributed by atoms with E-state index in [9.17, 15) is 18.0 Å². The molecule has 3 aromatic rings. The van der Waals surface area contributed by atoms with Gasteiger partial charge in [-0.3, -0.25) is 4.79 Å². The van der Waals surface area contributed by atoms with Gasteiger partial charge in [-0.25, -0.2) is 13.2 Å². The van der Waals surface area contributed by atoms with Crippen LogP contribution in [-0.2, 0) is 14.6 Å². The highest BCUT2D eigenvalue weighted by atomic mass is 32.2. The summed E-state index contributed by atoms with van der Waals surface area (Å²) in [6, 6.07) is 13.3. The van der Waals surface area contributed by atoms with Crippen molar-refractivity contribution in [2.24, 2.45) is 0 Å². The highest BCUT2D eigenvalue weighted by molar-refractivity contribution is 7.90. The Kier molecular flexibility index (Phi) is 6.18. The number of ketones is 1. The van der Waals surface area contributed by atoms with Gasteiger partial charge in [-0.2, -0.15) is 0 Å². The third kappa shape index (κ3) is 4.77. The maximum atomic E-state index is 12.7. The topological polar surface area (TPSA) is 82.4 Å². The number of aryl methyl sites for hydroxylation is 3. The van der Waals surface area contributed by atoms with Crippen LogP contribution >= 0.6 is 0 Å². The van der Waals surface area contributed by atoms with Gasteiger partial charge in [0.05, 0.1) is 10.5 Å². The van der Waals surface area contributed by atoms with Gasteiger partial charge in [-0.1, -0.05) is 6.07 Å². The van der Waals surface area contributed by atoms with E-state index in [1.165, 1.54) is 29.8 Å². The van der Waals surface area contributed by atoms with Crippen LogP contribution in [0.25, 0.3) is 5.69 Å². The Morgan fingerprint density at radius 1 is 0.903 bits per heavy atom. The molecule has 0 aliphatic carbocycles. The van der Waals surface area contributed by atoms with Crippen LogP contribution in [0.5, 0.6) is 0 Å². The minimum absolute atomic E-state index is 0.110. The minimum atomic E-state index is -3.35. The number of carbonyl (C=O) groups excluding carboxylic acids is 2. The molecule has 0 bridgehead atoms. The fraction of sp³-hybridized carbons (Fsp3) is 0.250. The maximum Gasteiger partial charge on any atom is 0.338 e. The van der Waals surface area contributed by atoms with Gasteiger partial charge in [0, 0.05) is 28.9 Å². The van der Waals surface area contributed by atoms with Gasteiger partial charge >= 0.3 is 5.97 Å². The fourth-order valence-electron chi connectivity index (χ4n) is 3.44. The van der Waals surface area contributed by atoms with Gasteiger partial charge in [0.2, 0.25) is 5.78 Å². The van der Waals surface area contributed by atoms with Crippen molar-refractivity contribution in [2.75, 3.05) is 12.9 Å². The lowest BCUT2D eigenvalue weighted by Crippen LogP contribution is -2.15. The van der Waals surface area contributed by atoms with E-state index in [2.05, 4.69) is 6.07 Å². The molecule has 0 aliphatic rings. The molecule has 162 valence electrons. The number of Topliss-reactive ketones (excluding diaryl/α,β-unsaturated/α-hetero) is 1. The van der Waals surface area contributed by atoms with Crippen LogP contribution in [0.15, 0.2) is 53.4 Å². The Morgan fingerprint density at radius 2 is 1.55 bits per heavy atom. The molecule has 0 atom stereocenters. The molecule has 0 saturated heterocycles. The van der Waals surface area contributed by atoms with Crippen LogP contribution in [0.4, 0.5) is 0 Å². The summed E-state index contributed by atoms with van der Waals surface area (Å²) in [5.41, 5.74) is 5.69. The smallest absolute Gasteiger partial charge is 0.338 e. The molecule has 31 heavy (non-hydrogen) atoms. The number of ether oxygens (including phenoxy) is 1. The highest BCUT2D eigenvalue weighted by Crippen LogP contribution is 2.23. The van der Waals surface area contributed by atoms with Crippen molar-refractivity contribution in [2.45, 2.75) is 32.6 Å². The lowest BCUT2D eigenvalue weighted by Gasteiger charge is -2.12. The van der Waals surface area contributed by atoms with Crippen LogP contribution < -0.4 is 0 Å². The number of esters is 1. The molecule has 3 rings (SSSR count). The van der Waals surface area contributed by atoms with E-state index in [1.54, 1.807) is 6.07 Å². The number of sulfone groups is 1. The Morgan fingerprint density at radius 3 is 2.13 bits per heavy atom. The van der Waals surface area contributed by atoms with Crippen molar-refractivity contribution in [1.82, 2.24) is 4.57 Å². The SMILES string of the molecule is Cc1ccc(-n2c(C)cc(C(=O)COC(=O)c3ccc(S(C)(=O)=O)cc3)c2C)cc1C. The Labute approximate surface area is 182 Å². The molecule has 0 aliphatic heterocycles. The molecule has 0 unspecified atom stereocenters. The lowest BCUT2D eigenvalue weighted by molar-refractivity contribution is 0.0474. The van der Waals surface area contributed by atoms with Crippen LogP contribution in [0.2, 0.25) is 0 Å². The van der Waals surface area contributed by atoms with Gasteiger partial charge in [0.1, 0.15) is 0 Å². The maximum absolute atomic E-state index is 12.7. The summed E-state index contributed by atoms with van der Waals surface area (Å²) in [6.45, 7) is 7.48. The molecular formula is C24H25NO5S. The Balaban J connectivity index is 1.75. The van der Waals surface area contributed by atoms with E-state index in [-0.39, 0.29) is 16.2 Å². The molecule has 0 amide bonds. The lowest BCUT2D eigenvalue weighted by atomic mass is 10.1. The monoisotopic (exact) mass is 439 g/mol. The van der Waals surface area contributed by atoms with Gasteiger partial charge in [0.15, 0.2) is 16.4 Å². The molecule has 2 aromatic carbocycles. The zero-order valence-electron chi connectivity index (χ0n) is 18.2.